The fourth-order valence-electron chi connectivity index (χ4n) is 2.51. The van der Waals surface area contributed by atoms with Crippen molar-refractivity contribution in [3.63, 3.8) is 0 Å². The highest BCUT2D eigenvalue weighted by atomic mass is 35.5. The van der Waals surface area contributed by atoms with E-state index >= 15 is 0 Å². The van der Waals surface area contributed by atoms with Crippen molar-refractivity contribution in [1.29, 1.82) is 0 Å². The molecule has 3 N–H and O–H groups in total. The van der Waals surface area contributed by atoms with Gasteiger partial charge in [0, 0.05) is 34.0 Å². The van der Waals surface area contributed by atoms with Gasteiger partial charge in [-0.05, 0) is 25.1 Å². The molecule has 0 fully saturated rings. The summed E-state index contributed by atoms with van der Waals surface area (Å²) in [5.74, 6) is 0.594. The SMILES string of the molecule is Cc1cc(=O)[nH]c(-n2nc(C(C)(C)C)cc2NC(=O)Nc2cccc(Cl)c2)n1. The first-order valence-corrected chi connectivity index (χ1v) is 9.02. The van der Waals surface area contributed by atoms with Crippen LogP contribution in [-0.2, 0) is 5.41 Å². The minimum atomic E-state index is -0.473. The molecule has 146 valence electrons. The lowest BCUT2D eigenvalue weighted by Gasteiger charge is -2.13. The van der Waals surface area contributed by atoms with Crippen LogP contribution in [0.2, 0.25) is 5.02 Å². The summed E-state index contributed by atoms with van der Waals surface area (Å²) in [5, 5.41) is 10.5. The maximum atomic E-state index is 12.5. The number of aromatic amines is 1. The third-order valence-corrected chi connectivity index (χ3v) is 4.09. The summed E-state index contributed by atoms with van der Waals surface area (Å²) in [6.07, 6.45) is 0. The van der Waals surface area contributed by atoms with Gasteiger partial charge >= 0.3 is 6.03 Å². The molecule has 3 aromatic rings. The third kappa shape index (κ3) is 4.58. The molecule has 0 unspecified atom stereocenters. The average Bonchev–Trinajstić information content (AvgIpc) is 2.98. The van der Waals surface area contributed by atoms with Crippen LogP contribution in [0.4, 0.5) is 16.3 Å². The van der Waals surface area contributed by atoms with Gasteiger partial charge in [-0.1, -0.05) is 38.4 Å². The Morgan fingerprint density at radius 2 is 1.93 bits per heavy atom. The summed E-state index contributed by atoms with van der Waals surface area (Å²) in [4.78, 5) is 31.3. The second-order valence-electron chi connectivity index (χ2n) is 7.38. The number of carbonyl (C=O) groups excluding carboxylic acids is 1. The number of halogens is 1. The molecule has 2 aromatic heterocycles. The van der Waals surface area contributed by atoms with Gasteiger partial charge in [-0.2, -0.15) is 9.78 Å². The minimum absolute atomic E-state index is 0.221. The summed E-state index contributed by atoms with van der Waals surface area (Å²) in [6, 6.07) is 9.48. The first-order valence-electron chi connectivity index (χ1n) is 8.64. The second kappa shape index (κ2) is 7.47. The summed E-state index contributed by atoms with van der Waals surface area (Å²) in [5.41, 5.74) is 1.25. The first-order chi connectivity index (χ1) is 13.1. The highest BCUT2D eigenvalue weighted by molar-refractivity contribution is 6.30. The van der Waals surface area contributed by atoms with Gasteiger partial charge in [0.05, 0.1) is 5.69 Å². The van der Waals surface area contributed by atoms with E-state index in [9.17, 15) is 9.59 Å². The molecule has 0 saturated carbocycles. The predicted molar refractivity (Wildman–Crippen MR) is 110 cm³/mol. The predicted octanol–water partition coefficient (Wildman–Crippen LogP) is 3.86. The van der Waals surface area contributed by atoms with Crippen molar-refractivity contribution in [2.75, 3.05) is 10.6 Å². The number of nitrogens with zero attached hydrogens (tertiary/aromatic N) is 3. The smallest absolute Gasteiger partial charge is 0.308 e. The number of H-pyrrole nitrogens is 1. The maximum Gasteiger partial charge on any atom is 0.324 e. The summed E-state index contributed by atoms with van der Waals surface area (Å²) < 4.78 is 1.41. The van der Waals surface area contributed by atoms with Crippen molar-refractivity contribution >= 4 is 29.1 Å². The Labute approximate surface area is 167 Å². The lowest BCUT2D eigenvalue weighted by Crippen LogP contribution is -2.22. The number of anilines is 2. The molecular formula is C19H21ClN6O2. The fraction of sp³-hybridized carbons (Fsp3) is 0.263. The van der Waals surface area contributed by atoms with Crippen LogP contribution in [0, 0.1) is 6.92 Å². The lowest BCUT2D eigenvalue weighted by molar-refractivity contribution is 0.262. The molecule has 0 atom stereocenters. The molecule has 0 aliphatic heterocycles. The molecule has 28 heavy (non-hydrogen) atoms. The van der Waals surface area contributed by atoms with E-state index in [-0.39, 0.29) is 16.9 Å². The van der Waals surface area contributed by atoms with E-state index in [0.717, 1.165) is 5.69 Å². The average molecular weight is 401 g/mol. The van der Waals surface area contributed by atoms with Crippen LogP contribution < -0.4 is 16.2 Å². The Morgan fingerprint density at radius 3 is 2.57 bits per heavy atom. The van der Waals surface area contributed by atoms with Gasteiger partial charge in [-0.3, -0.25) is 15.1 Å². The van der Waals surface area contributed by atoms with Crippen molar-refractivity contribution in [1.82, 2.24) is 19.7 Å². The van der Waals surface area contributed by atoms with E-state index in [1.807, 2.05) is 20.8 Å². The number of urea groups is 1. The van der Waals surface area contributed by atoms with Gasteiger partial charge in [-0.25, -0.2) is 9.78 Å². The van der Waals surface area contributed by atoms with Crippen LogP contribution in [0.15, 0.2) is 41.2 Å². The molecule has 0 aliphatic rings. The van der Waals surface area contributed by atoms with Crippen LogP contribution in [0.1, 0.15) is 32.2 Å². The zero-order chi connectivity index (χ0) is 20.5. The lowest BCUT2D eigenvalue weighted by atomic mass is 9.92. The number of amides is 2. The molecule has 1 aromatic carbocycles. The number of carbonyl (C=O) groups is 1. The minimum Gasteiger partial charge on any atom is -0.308 e. The number of aromatic nitrogens is 4. The zero-order valence-corrected chi connectivity index (χ0v) is 16.8. The number of nitrogens with one attached hydrogen (secondary N) is 3. The zero-order valence-electron chi connectivity index (χ0n) is 16.0. The molecule has 2 amide bonds. The molecule has 0 spiro atoms. The monoisotopic (exact) mass is 400 g/mol. The fourth-order valence-corrected chi connectivity index (χ4v) is 2.70. The Kier molecular flexibility index (Phi) is 5.24. The van der Waals surface area contributed by atoms with E-state index in [1.54, 1.807) is 37.3 Å². The van der Waals surface area contributed by atoms with Crippen molar-refractivity contribution in [3.8, 4) is 5.95 Å². The maximum absolute atomic E-state index is 12.5. The van der Waals surface area contributed by atoms with Crippen LogP contribution >= 0.6 is 11.6 Å². The molecule has 8 nitrogen and oxygen atoms in total. The topological polar surface area (TPSA) is 105 Å². The number of aryl methyl sites for hydroxylation is 1. The molecule has 0 aliphatic carbocycles. The largest absolute Gasteiger partial charge is 0.324 e. The van der Waals surface area contributed by atoms with Crippen LogP contribution in [0.25, 0.3) is 5.95 Å². The number of hydrogen-bond acceptors (Lipinski definition) is 4. The normalized spacial score (nSPS) is 11.3. The third-order valence-electron chi connectivity index (χ3n) is 3.86. The van der Waals surface area contributed by atoms with E-state index in [2.05, 4.69) is 25.7 Å². The van der Waals surface area contributed by atoms with Crippen LogP contribution in [0.3, 0.4) is 0 Å². The summed E-state index contributed by atoms with van der Waals surface area (Å²) in [6.45, 7) is 7.72. The van der Waals surface area contributed by atoms with Crippen molar-refractivity contribution < 1.29 is 4.79 Å². The summed E-state index contributed by atoms with van der Waals surface area (Å²) >= 11 is 5.95. The van der Waals surface area contributed by atoms with Crippen molar-refractivity contribution in [3.05, 3.63) is 63.2 Å². The molecule has 0 bridgehead atoms. The van der Waals surface area contributed by atoms with Crippen LogP contribution in [0.5, 0.6) is 0 Å². The molecule has 3 rings (SSSR count). The number of hydrogen-bond donors (Lipinski definition) is 3. The quantitative estimate of drug-likeness (QED) is 0.620. The van der Waals surface area contributed by atoms with Crippen LogP contribution in [-0.4, -0.2) is 25.8 Å². The van der Waals surface area contributed by atoms with Gasteiger partial charge in [0.25, 0.3) is 5.56 Å². The standard InChI is InChI=1S/C19H21ClN6O2/c1-11-8-16(27)24-17(21-11)26-15(10-14(25-26)19(2,3)4)23-18(28)22-13-7-5-6-12(20)9-13/h5-10H,1-4H3,(H,21,24,27)(H2,22,23,28). The second-order valence-corrected chi connectivity index (χ2v) is 7.81. The number of benzene rings is 1. The Bertz CT molecular complexity index is 1080. The van der Waals surface area contributed by atoms with Crippen molar-refractivity contribution in [2.24, 2.45) is 0 Å². The molecule has 9 heteroatoms. The number of rotatable bonds is 3. The van der Waals surface area contributed by atoms with Crippen molar-refractivity contribution in [2.45, 2.75) is 33.1 Å². The van der Waals surface area contributed by atoms with Gasteiger partial charge in [0.15, 0.2) is 0 Å². The Morgan fingerprint density at radius 1 is 1.18 bits per heavy atom. The molecule has 0 saturated heterocycles. The van der Waals surface area contributed by atoms with E-state index < -0.39 is 6.03 Å². The molecular weight excluding hydrogens is 380 g/mol. The van der Waals surface area contributed by atoms with Gasteiger partial charge in [0.1, 0.15) is 5.82 Å². The Hall–Kier alpha value is -3.13. The summed E-state index contributed by atoms with van der Waals surface area (Å²) in [7, 11) is 0. The van der Waals surface area contributed by atoms with E-state index in [0.29, 0.717) is 22.2 Å². The highest BCUT2D eigenvalue weighted by Gasteiger charge is 2.22. The Balaban J connectivity index is 1.96. The molecule has 2 heterocycles. The van der Waals surface area contributed by atoms with Gasteiger partial charge < -0.3 is 5.32 Å². The highest BCUT2D eigenvalue weighted by Crippen LogP contribution is 2.25. The van der Waals surface area contributed by atoms with Gasteiger partial charge in [0.2, 0.25) is 5.95 Å². The van der Waals surface area contributed by atoms with Gasteiger partial charge in [-0.15, -0.1) is 0 Å². The molecule has 0 radical (unpaired) electrons. The van der Waals surface area contributed by atoms with E-state index in [1.165, 1.54) is 10.7 Å². The first kappa shape index (κ1) is 19.6. The van der Waals surface area contributed by atoms with E-state index in [4.69, 9.17) is 11.6 Å².